The summed E-state index contributed by atoms with van der Waals surface area (Å²) in [7, 11) is 7.45. The summed E-state index contributed by atoms with van der Waals surface area (Å²) in [6, 6.07) is 112. The minimum absolute atomic E-state index is 0.164. The minimum Gasteiger partial charge on any atom is -0.438 e. The van der Waals surface area contributed by atoms with Gasteiger partial charge in [-0.3, -0.25) is 58.3 Å². The molecule has 0 aliphatic carbocycles. The molecule has 694 valence electrons. The molecule has 22 heteroatoms. The highest BCUT2D eigenvalue weighted by atomic mass is 16.4. The number of fused-ring (bicyclic) bond motifs is 5. The molecule has 6 aliphatic heterocycles. The molecule has 0 N–H and O–H groups in total. The molecule has 0 saturated carbocycles. The van der Waals surface area contributed by atoms with Crippen LogP contribution in [0.4, 0.5) is 68.9 Å². The van der Waals surface area contributed by atoms with Crippen LogP contribution in [0.2, 0.25) is 0 Å². The van der Waals surface area contributed by atoms with Crippen molar-refractivity contribution in [1.29, 1.82) is 0 Å². The summed E-state index contributed by atoms with van der Waals surface area (Å²) in [6.07, 6.45) is 6.76. The number of aromatic nitrogens is 4. The molecule has 12 heterocycles. The van der Waals surface area contributed by atoms with Crippen molar-refractivity contribution in [2.45, 2.75) is 67.2 Å². The Hall–Kier alpha value is -17.4. The van der Waals surface area contributed by atoms with Crippen LogP contribution in [0.1, 0.15) is 98.5 Å². The number of amides is 6. The van der Waals surface area contributed by atoms with Crippen LogP contribution in [-0.4, -0.2) is 124 Å². The van der Waals surface area contributed by atoms with Crippen LogP contribution in [0, 0.1) is 13.8 Å². The predicted molar refractivity (Wildman–Crippen MR) is 555 cm³/mol. The molecule has 16 aromatic rings. The van der Waals surface area contributed by atoms with Crippen LogP contribution >= 0.6 is 0 Å². The number of hydrogen-bond acceptors (Lipinski definition) is 14. The Morgan fingerprint density at radius 2 is 0.550 bits per heavy atom. The van der Waals surface area contributed by atoms with E-state index < -0.39 is 0 Å². The molecule has 22 rings (SSSR count). The fourth-order valence-corrected chi connectivity index (χ4v) is 20.0. The summed E-state index contributed by atoms with van der Waals surface area (Å²) in [5.74, 6) is 2.70. The maximum absolute atomic E-state index is 14.7. The zero-order valence-corrected chi connectivity index (χ0v) is 79.7. The number of rotatable bonds is 26. The smallest absolute Gasteiger partial charge is 0.261 e. The van der Waals surface area contributed by atoms with Gasteiger partial charge in [-0.05, 0) is 197 Å². The average Bonchev–Trinajstić information content (AvgIpc) is 1.66. The Kier molecular flexibility index (Phi) is 24.8. The van der Waals surface area contributed by atoms with Crippen LogP contribution in [0.5, 0.6) is 0 Å². The molecule has 10 aromatic carbocycles. The number of carbonyl (C=O) groups excluding carboxylic acids is 6. The number of carbonyl (C=O) groups is 6. The average molecular weight is 1850 g/mol. The summed E-state index contributed by atoms with van der Waals surface area (Å²) < 4.78 is 17.6. The van der Waals surface area contributed by atoms with Gasteiger partial charge in [-0.15, -0.1) is 0 Å². The Labute approximate surface area is 813 Å². The molecule has 6 amide bonds. The number of para-hydroxylation sites is 8. The Balaban J connectivity index is 0.000000132. The van der Waals surface area contributed by atoms with E-state index in [0.717, 1.165) is 138 Å². The highest BCUT2D eigenvalue weighted by Gasteiger charge is 2.53. The number of benzene rings is 10. The van der Waals surface area contributed by atoms with Crippen molar-refractivity contribution in [3.05, 3.63) is 431 Å². The van der Waals surface area contributed by atoms with E-state index in [2.05, 4.69) is 103 Å². The van der Waals surface area contributed by atoms with Gasteiger partial charge in [0.15, 0.2) is 11.5 Å². The first-order valence-corrected chi connectivity index (χ1v) is 47.6. The van der Waals surface area contributed by atoms with E-state index in [1.807, 2.05) is 331 Å². The second kappa shape index (κ2) is 38.4. The van der Waals surface area contributed by atoms with Crippen LogP contribution in [0.15, 0.2) is 394 Å². The van der Waals surface area contributed by atoms with Gasteiger partial charge < -0.3 is 47.4 Å². The highest BCUT2D eigenvalue weighted by Crippen LogP contribution is 2.54. The number of anilines is 12. The molecule has 6 aliphatic rings. The molecule has 0 fully saturated rings. The van der Waals surface area contributed by atoms with Crippen LogP contribution < -0.4 is 19.6 Å². The summed E-state index contributed by atoms with van der Waals surface area (Å²) in [5.41, 5.74) is 20.5. The van der Waals surface area contributed by atoms with Gasteiger partial charge in [-0.1, -0.05) is 209 Å². The number of hydrogen-bond donors (Lipinski definition) is 0. The first-order chi connectivity index (χ1) is 68.4. The van der Waals surface area contributed by atoms with Crippen molar-refractivity contribution in [1.82, 2.24) is 48.5 Å². The van der Waals surface area contributed by atoms with Crippen molar-refractivity contribution in [2.75, 3.05) is 59.9 Å². The lowest BCUT2D eigenvalue weighted by Crippen LogP contribution is -2.30. The van der Waals surface area contributed by atoms with Crippen molar-refractivity contribution < 1.29 is 37.6 Å². The summed E-state index contributed by atoms with van der Waals surface area (Å²) in [6.45, 7) is 13.9. The highest BCUT2D eigenvalue weighted by molar-refractivity contribution is 6.33. The second-order valence-corrected chi connectivity index (χ2v) is 35.0. The van der Waals surface area contributed by atoms with Crippen LogP contribution in [0.25, 0.3) is 56.0 Å². The third-order valence-electron chi connectivity index (χ3n) is 26.7. The largest absolute Gasteiger partial charge is 0.438 e. The quantitative estimate of drug-likeness (QED) is 0.0496. The van der Waals surface area contributed by atoms with Gasteiger partial charge in [0.1, 0.15) is 23.0 Å². The van der Waals surface area contributed by atoms with Crippen molar-refractivity contribution >= 4 is 160 Å². The topological polar surface area (TPSA) is 197 Å². The van der Waals surface area contributed by atoms with Crippen LogP contribution in [0.3, 0.4) is 0 Å². The Morgan fingerprint density at radius 1 is 0.271 bits per heavy atom. The molecule has 0 bridgehead atoms. The van der Waals surface area contributed by atoms with E-state index in [4.69, 9.17) is 8.83 Å². The monoisotopic (exact) mass is 1840 g/mol. The summed E-state index contributed by atoms with van der Waals surface area (Å²) in [4.78, 5) is 114. The first-order valence-electron chi connectivity index (χ1n) is 47.6. The molecule has 0 atom stereocenters. The number of furan rings is 2. The third-order valence-corrected chi connectivity index (χ3v) is 26.7. The zero-order valence-electron chi connectivity index (χ0n) is 79.7. The molecule has 0 spiro atoms. The Morgan fingerprint density at radius 3 is 0.843 bits per heavy atom. The molecule has 0 radical (unpaired) electrons. The fraction of sp³-hybridized carbons (Fsp3) is 0.153. The number of nitrogens with zero attached hydrogens (tertiary/aromatic N) is 14. The van der Waals surface area contributed by atoms with Gasteiger partial charge in [0.2, 0.25) is 11.8 Å². The van der Waals surface area contributed by atoms with Gasteiger partial charge >= 0.3 is 0 Å². The lowest BCUT2D eigenvalue weighted by atomic mass is 9.97. The number of aryl methyl sites for hydroxylation is 2. The second-order valence-electron chi connectivity index (χ2n) is 35.0. The lowest BCUT2D eigenvalue weighted by molar-refractivity contribution is -0.124. The van der Waals surface area contributed by atoms with E-state index in [0.29, 0.717) is 117 Å². The molecule has 6 aromatic heterocycles. The first kappa shape index (κ1) is 90.4. The van der Waals surface area contributed by atoms with E-state index >= 15 is 0 Å². The molecular formula is C118H104N14O8. The Bertz CT molecular complexity index is 7120. The van der Waals surface area contributed by atoms with Crippen LogP contribution in [-0.2, 0) is 42.9 Å². The lowest BCUT2D eigenvalue weighted by Gasteiger charge is -2.28. The van der Waals surface area contributed by atoms with Gasteiger partial charge in [-0.25, -0.2) is 0 Å². The number of likely N-dealkylation sites (N-methyl/N-ethyl adjacent to an activating group) is 4. The van der Waals surface area contributed by atoms with Gasteiger partial charge in [0.25, 0.3) is 35.4 Å². The molecular weight excluding hydrogens is 1740 g/mol. The molecule has 140 heavy (non-hydrogen) atoms. The zero-order chi connectivity index (χ0) is 96.7. The van der Waals surface area contributed by atoms with Crippen molar-refractivity contribution in [2.24, 2.45) is 14.1 Å². The number of pyridine rings is 2. The normalized spacial score (nSPS) is 14.6. The van der Waals surface area contributed by atoms with E-state index in [-0.39, 0.29) is 35.4 Å². The van der Waals surface area contributed by atoms with Gasteiger partial charge in [0.05, 0.1) is 78.6 Å². The fourth-order valence-electron chi connectivity index (χ4n) is 20.0. The number of unbranched alkanes of at least 4 members (excludes halogenated alkanes) is 2. The van der Waals surface area contributed by atoms with Gasteiger partial charge in [-0.2, -0.15) is 0 Å². The maximum atomic E-state index is 14.7. The van der Waals surface area contributed by atoms with E-state index in [1.54, 1.807) is 55.9 Å². The maximum Gasteiger partial charge on any atom is 0.261 e. The van der Waals surface area contributed by atoms with Crippen molar-refractivity contribution in [3.8, 4) is 0 Å². The molecule has 0 unspecified atom stereocenters. The van der Waals surface area contributed by atoms with E-state index in [1.165, 1.54) is 0 Å². The molecule has 0 saturated heterocycles. The SMILES string of the molecule is CCCCN1C(=O)C2=C(c3ccc(N(c4ccccc4)c4ccccc4)o3)N(CCCC)C(=O)C2=C1c1ccc(N(c2ccccc2)c2ccccc2)o1.CCN1C(=O)C2=C(c3ccc(N(c4ccccc4)c4ccccc4)n3C)N(CC)C(=O)C2=C1c1ccc(N(c2ccccc2)c2ccccc2)n1C.Cc1ccc(C2=C3C(=O)N(C)C(c4ccc(C)c5cccnc45)=C3C(=O)N2C)c2ncccc12. The summed E-state index contributed by atoms with van der Waals surface area (Å²) in [5, 5.41) is 2.00. The molecule has 22 nitrogen and oxygen atoms in total. The predicted octanol–water partition coefficient (Wildman–Crippen LogP) is 24.8. The third kappa shape index (κ3) is 15.8. The van der Waals surface area contributed by atoms with Crippen molar-refractivity contribution in [3.63, 3.8) is 0 Å². The standard InChI is InChI=1S/C46H42N4O4.C44H40N6O2.C28H22N4O2/c1-3-5-31-47-43(37-27-29-39(53-37)49(33-19-11-7-12-20-33)34-21-13-8-14-22-34)41-42(45(47)51)44(48(46(41)52)32-6-4-2)38-28-30-40(54-38)50(35-23-15-9-16-24-35)36-25-17-10-18-26-36;1-5-47-41(35-27-29-37(45(35)3)49(31-19-11-7-12-20-31)32-21-13-8-14-22-32)39-40(43(47)51)42(48(6-2)44(39)52)36-28-30-38(46(36)4)50(33-23-15-9-16-24-33)34-25-17-10-18-26-34;1-15-9-11-19(23-17(15)7-5-13-29-23)25-21-22(28(34)31(25)3)26(32(4)27(21)33)20-12-10-16(2)18-8-6-14-30-24(18)20/h7-30H,3-6,31-32H2,1-2H3;7-30H,5-6H2,1-4H3;5-14H,1-4H3. The minimum atomic E-state index is -0.224. The van der Waals surface area contributed by atoms with E-state index in [9.17, 15) is 28.8 Å². The summed E-state index contributed by atoms with van der Waals surface area (Å²) >= 11 is 0. The van der Waals surface area contributed by atoms with Gasteiger partial charge in [0, 0.05) is 146 Å².